The minimum absolute atomic E-state index is 0.0763. The molecule has 2 aromatic carbocycles. The Morgan fingerprint density at radius 2 is 1.69 bits per heavy atom. The number of Topliss-reactive ketones (excluding diaryl/α,β-unsaturated/α-hetero) is 1. The number of carbonyl (C=O) groups is 2. The molecule has 1 amide bonds. The number of ether oxygens (including phenoxy) is 1. The number of aliphatic hydroxyl groups is 1. The highest BCUT2D eigenvalue weighted by atomic mass is 16.5. The van der Waals surface area contributed by atoms with Crippen molar-refractivity contribution in [2.75, 3.05) is 6.61 Å². The second kappa shape index (κ2) is 10.8. The van der Waals surface area contributed by atoms with Crippen LogP contribution in [0.2, 0.25) is 0 Å². The van der Waals surface area contributed by atoms with Crippen LogP contribution in [0.1, 0.15) is 61.9 Å². The van der Waals surface area contributed by atoms with Gasteiger partial charge in [-0.2, -0.15) is 0 Å². The normalized spacial score (nSPS) is 17.3. The Kier molecular flexibility index (Phi) is 7.53. The highest BCUT2D eigenvalue weighted by Crippen LogP contribution is 2.41. The molecule has 0 aliphatic carbocycles. The van der Waals surface area contributed by atoms with E-state index in [2.05, 4.69) is 32.7 Å². The standard InChI is InChI=1S/C30H32N2O4/c1-19(2)18-36-25-7-5-6-24(16-25)28(33)26-27(23-10-8-22(9-11-23)20(3)4)32(30(35)29(26)34)17-21-12-14-31-15-13-21/h5-16,19-20,27,33H,17-18H2,1-4H3/b28-26-. The van der Waals surface area contributed by atoms with Crippen molar-refractivity contribution in [3.8, 4) is 5.75 Å². The molecule has 6 nitrogen and oxygen atoms in total. The first-order valence-corrected chi connectivity index (χ1v) is 12.3. The summed E-state index contributed by atoms with van der Waals surface area (Å²) >= 11 is 0. The van der Waals surface area contributed by atoms with E-state index in [1.165, 1.54) is 4.90 Å². The van der Waals surface area contributed by atoms with Gasteiger partial charge in [0.05, 0.1) is 18.2 Å². The summed E-state index contributed by atoms with van der Waals surface area (Å²) in [5.74, 6) is -0.271. The minimum atomic E-state index is -0.723. The third-order valence-electron chi connectivity index (χ3n) is 6.25. The fourth-order valence-corrected chi connectivity index (χ4v) is 4.29. The van der Waals surface area contributed by atoms with Crippen LogP contribution < -0.4 is 4.74 Å². The van der Waals surface area contributed by atoms with Crippen LogP contribution in [0.4, 0.5) is 0 Å². The average Bonchev–Trinajstić information content (AvgIpc) is 3.12. The zero-order chi connectivity index (χ0) is 25.8. The molecule has 0 spiro atoms. The van der Waals surface area contributed by atoms with E-state index in [1.807, 2.05) is 42.5 Å². The van der Waals surface area contributed by atoms with E-state index in [1.54, 1.807) is 30.6 Å². The van der Waals surface area contributed by atoms with Gasteiger partial charge < -0.3 is 14.7 Å². The molecule has 36 heavy (non-hydrogen) atoms. The predicted molar refractivity (Wildman–Crippen MR) is 139 cm³/mol. The Morgan fingerprint density at radius 1 is 1.00 bits per heavy atom. The molecule has 0 radical (unpaired) electrons. The van der Waals surface area contributed by atoms with Crippen molar-refractivity contribution in [2.24, 2.45) is 5.92 Å². The van der Waals surface area contributed by atoms with E-state index in [9.17, 15) is 14.7 Å². The molecule has 2 heterocycles. The minimum Gasteiger partial charge on any atom is -0.507 e. The van der Waals surface area contributed by atoms with Crippen LogP contribution in [0.5, 0.6) is 5.75 Å². The number of nitrogens with zero attached hydrogens (tertiary/aromatic N) is 2. The lowest BCUT2D eigenvalue weighted by Crippen LogP contribution is -2.29. The van der Waals surface area contributed by atoms with Gasteiger partial charge in [-0.05, 0) is 52.8 Å². The van der Waals surface area contributed by atoms with Crippen LogP contribution in [0.15, 0.2) is 78.6 Å². The SMILES string of the molecule is CC(C)COc1cccc(/C(O)=C2/C(=O)C(=O)N(Cc3ccncc3)C2c2ccc(C(C)C)cc2)c1. The third kappa shape index (κ3) is 5.33. The van der Waals surface area contributed by atoms with Crippen LogP contribution in [-0.4, -0.2) is 33.3 Å². The molecular formula is C30H32N2O4. The number of amides is 1. The number of carbonyl (C=O) groups excluding carboxylic acids is 2. The van der Waals surface area contributed by atoms with E-state index >= 15 is 0 Å². The van der Waals surface area contributed by atoms with Crippen LogP contribution in [-0.2, 0) is 16.1 Å². The van der Waals surface area contributed by atoms with Gasteiger partial charge in [0.1, 0.15) is 11.5 Å². The molecule has 3 aromatic rings. The van der Waals surface area contributed by atoms with Crippen molar-refractivity contribution in [3.63, 3.8) is 0 Å². The van der Waals surface area contributed by atoms with Gasteiger partial charge in [0.2, 0.25) is 0 Å². The first-order chi connectivity index (χ1) is 17.3. The molecule has 0 bridgehead atoms. The van der Waals surface area contributed by atoms with Crippen LogP contribution in [0.25, 0.3) is 5.76 Å². The summed E-state index contributed by atoms with van der Waals surface area (Å²) < 4.78 is 5.81. The second-order valence-corrected chi connectivity index (χ2v) is 9.84. The first-order valence-electron chi connectivity index (χ1n) is 12.3. The summed E-state index contributed by atoms with van der Waals surface area (Å²) in [7, 11) is 0. The zero-order valence-corrected chi connectivity index (χ0v) is 21.1. The van der Waals surface area contributed by atoms with E-state index in [0.717, 1.165) is 16.7 Å². The van der Waals surface area contributed by atoms with E-state index in [0.29, 0.717) is 29.8 Å². The van der Waals surface area contributed by atoms with Crippen molar-refractivity contribution < 1.29 is 19.4 Å². The Bertz CT molecular complexity index is 1260. The smallest absolute Gasteiger partial charge is 0.295 e. The maximum atomic E-state index is 13.3. The van der Waals surface area contributed by atoms with E-state index in [4.69, 9.17) is 4.74 Å². The lowest BCUT2D eigenvalue weighted by molar-refractivity contribution is -0.140. The molecule has 0 saturated carbocycles. The number of hydrogen-bond acceptors (Lipinski definition) is 5. The molecule has 4 rings (SSSR count). The lowest BCUT2D eigenvalue weighted by Gasteiger charge is -2.26. The Balaban J connectivity index is 1.80. The average molecular weight is 485 g/mol. The van der Waals surface area contributed by atoms with Gasteiger partial charge in [-0.15, -0.1) is 0 Å². The molecule has 1 atom stereocenters. The predicted octanol–water partition coefficient (Wildman–Crippen LogP) is 5.86. The van der Waals surface area contributed by atoms with E-state index < -0.39 is 17.7 Å². The third-order valence-corrected chi connectivity index (χ3v) is 6.25. The highest BCUT2D eigenvalue weighted by Gasteiger charge is 2.46. The molecule has 1 saturated heterocycles. The summed E-state index contributed by atoms with van der Waals surface area (Å²) in [5.41, 5.74) is 3.27. The van der Waals surface area contributed by atoms with Gasteiger partial charge in [0, 0.05) is 24.5 Å². The maximum absolute atomic E-state index is 13.3. The number of rotatable bonds is 8. The van der Waals surface area contributed by atoms with Gasteiger partial charge >= 0.3 is 0 Å². The first kappa shape index (κ1) is 25.2. The number of aromatic nitrogens is 1. The Labute approximate surface area is 212 Å². The number of aliphatic hydroxyl groups excluding tert-OH is 1. The largest absolute Gasteiger partial charge is 0.507 e. The van der Waals surface area contributed by atoms with Gasteiger partial charge in [0.25, 0.3) is 11.7 Å². The lowest BCUT2D eigenvalue weighted by atomic mass is 9.93. The summed E-state index contributed by atoms with van der Waals surface area (Å²) in [4.78, 5) is 32.1. The number of ketones is 1. The number of pyridine rings is 1. The van der Waals surface area contributed by atoms with Gasteiger partial charge in [-0.25, -0.2) is 0 Å². The van der Waals surface area contributed by atoms with Gasteiger partial charge in [-0.1, -0.05) is 64.1 Å². The van der Waals surface area contributed by atoms with Crippen molar-refractivity contribution in [1.29, 1.82) is 0 Å². The summed E-state index contributed by atoms with van der Waals surface area (Å²) in [6.07, 6.45) is 3.31. The molecule has 1 fully saturated rings. The monoisotopic (exact) mass is 484 g/mol. The fourth-order valence-electron chi connectivity index (χ4n) is 4.29. The second-order valence-electron chi connectivity index (χ2n) is 9.84. The molecule has 1 aromatic heterocycles. The van der Waals surface area contributed by atoms with Gasteiger partial charge in [0.15, 0.2) is 0 Å². The van der Waals surface area contributed by atoms with Crippen molar-refractivity contribution >= 4 is 17.4 Å². The summed E-state index contributed by atoms with van der Waals surface area (Å²) in [5, 5.41) is 11.4. The number of hydrogen-bond donors (Lipinski definition) is 1. The molecular weight excluding hydrogens is 452 g/mol. The van der Waals surface area contributed by atoms with Crippen molar-refractivity contribution in [3.05, 3.63) is 101 Å². The number of benzene rings is 2. The quantitative estimate of drug-likeness (QED) is 0.246. The summed E-state index contributed by atoms with van der Waals surface area (Å²) in [6, 6.07) is 17.8. The highest BCUT2D eigenvalue weighted by molar-refractivity contribution is 6.46. The van der Waals surface area contributed by atoms with Crippen LogP contribution in [0.3, 0.4) is 0 Å². The van der Waals surface area contributed by atoms with Crippen LogP contribution in [0, 0.1) is 5.92 Å². The summed E-state index contributed by atoms with van der Waals surface area (Å²) in [6.45, 7) is 9.08. The molecule has 6 heteroatoms. The molecule has 1 aliphatic rings. The maximum Gasteiger partial charge on any atom is 0.295 e. The zero-order valence-electron chi connectivity index (χ0n) is 21.1. The van der Waals surface area contributed by atoms with Crippen molar-refractivity contribution in [1.82, 2.24) is 9.88 Å². The molecule has 1 aliphatic heterocycles. The van der Waals surface area contributed by atoms with Crippen molar-refractivity contribution in [2.45, 2.75) is 46.2 Å². The molecule has 186 valence electrons. The Morgan fingerprint density at radius 3 is 2.33 bits per heavy atom. The van der Waals surface area contributed by atoms with Crippen LogP contribution >= 0.6 is 0 Å². The van der Waals surface area contributed by atoms with E-state index in [-0.39, 0.29) is 17.9 Å². The topological polar surface area (TPSA) is 79.7 Å². The van der Waals surface area contributed by atoms with Gasteiger partial charge in [-0.3, -0.25) is 14.6 Å². The molecule has 1 unspecified atom stereocenters. The fraction of sp³-hybridized carbons (Fsp3) is 0.300. The Hall–Kier alpha value is -3.93. The number of likely N-dealkylation sites (tertiary alicyclic amines) is 1. The molecule has 1 N–H and O–H groups in total.